The number of halogens is 3. The Morgan fingerprint density at radius 2 is 1.82 bits per heavy atom. The first-order valence-electron chi connectivity index (χ1n) is 13.7. The summed E-state index contributed by atoms with van der Waals surface area (Å²) in [6, 6.07) is 13.0. The molecule has 3 aliphatic rings. The number of anilines is 2. The van der Waals surface area contributed by atoms with Gasteiger partial charge >= 0.3 is 6.01 Å². The van der Waals surface area contributed by atoms with Crippen LogP contribution < -0.4 is 18.2 Å². The summed E-state index contributed by atoms with van der Waals surface area (Å²) in [5.41, 5.74) is 6.73. The monoisotopic (exact) mass is 773 g/mol. The Morgan fingerprint density at radius 3 is 2.59 bits per heavy atom. The van der Waals surface area contributed by atoms with E-state index in [9.17, 15) is 0 Å². The predicted molar refractivity (Wildman–Crippen MR) is 175 cm³/mol. The Labute approximate surface area is 263 Å². The van der Waals surface area contributed by atoms with E-state index in [0.717, 1.165) is 59.0 Å². The lowest BCUT2D eigenvalue weighted by Crippen LogP contribution is -2.43. The van der Waals surface area contributed by atoms with Crippen molar-refractivity contribution in [3.05, 3.63) is 52.7 Å². The molecule has 2 aromatic carbocycles. The highest BCUT2D eigenvalue weighted by molar-refractivity contribution is 14.1. The summed E-state index contributed by atoms with van der Waals surface area (Å²) < 4.78 is 10.7. The third-order valence-corrected chi connectivity index (χ3v) is 10.7. The average Bonchev–Trinajstić information content (AvgIpc) is 3.54. The molecule has 0 bridgehead atoms. The van der Waals surface area contributed by atoms with Crippen LogP contribution >= 0.6 is 57.3 Å². The second-order valence-electron chi connectivity index (χ2n) is 10.6. The van der Waals surface area contributed by atoms with E-state index in [1.807, 2.05) is 22.4 Å². The molecule has 11 heteroatoms. The van der Waals surface area contributed by atoms with Crippen LogP contribution in [0.15, 0.2) is 36.4 Å². The van der Waals surface area contributed by atoms with Gasteiger partial charge in [0.05, 0.1) is 45.7 Å². The summed E-state index contributed by atoms with van der Waals surface area (Å²) in [7, 11) is 1.94. The molecule has 1 N–H and O–H groups in total. The van der Waals surface area contributed by atoms with E-state index >= 15 is 0 Å². The van der Waals surface area contributed by atoms with Crippen LogP contribution in [-0.2, 0) is 13.0 Å². The molecule has 0 aliphatic carbocycles. The molecule has 208 valence electrons. The van der Waals surface area contributed by atoms with Gasteiger partial charge in [0.2, 0.25) is 0 Å². The Bertz CT molecular complexity index is 1330. The third-order valence-electron chi connectivity index (χ3n) is 8.44. The summed E-state index contributed by atoms with van der Waals surface area (Å²) in [6.45, 7) is 6.29. The molecule has 0 unspecified atom stereocenters. The molecule has 2 saturated heterocycles. The van der Waals surface area contributed by atoms with Crippen molar-refractivity contribution < 1.29 is 4.74 Å². The summed E-state index contributed by atoms with van der Waals surface area (Å²) >= 11 is 11.4. The maximum Gasteiger partial charge on any atom is 0.318 e. The van der Waals surface area contributed by atoms with Crippen LogP contribution in [0.5, 0.6) is 6.01 Å². The van der Waals surface area contributed by atoms with E-state index in [-0.39, 0.29) is 5.54 Å². The zero-order valence-corrected chi connectivity index (χ0v) is 27.2. The van der Waals surface area contributed by atoms with E-state index in [1.54, 1.807) is 0 Å². The van der Waals surface area contributed by atoms with Gasteiger partial charge in [0.15, 0.2) is 0 Å². The van der Waals surface area contributed by atoms with Gasteiger partial charge in [-0.1, -0.05) is 35.9 Å². The van der Waals surface area contributed by atoms with Crippen LogP contribution in [0.4, 0.5) is 11.5 Å². The van der Waals surface area contributed by atoms with Crippen LogP contribution in [0.2, 0.25) is 5.02 Å². The van der Waals surface area contributed by atoms with Gasteiger partial charge in [-0.3, -0.25) is 8.01 Å². The molecule has 8 nitrogen and oxygen atoms in total. The number of nitrogens with one attached hydrogen (secondary N) is 1. The molecule has 39 heavy (non-hydrogen) atoms. The van der Waals surface area contributed by atoms with Crippen molar-refractivity contribution in [2.45, 2.75) is 44.2 Å². The van der Waals surface area contributed by atoms with Gasteiger partial charge in [0.1, 0.15) is 12.4 Å². The van der Waals surface area contributed by atoms with Gasteiger partial charge < -0.3 is 9.64 Å². The van der Waals surface area contributed by atoms with Crippen LogP contribution in [0.3, 0.4) is 0 Å². The number of aromatic nitrogens is 2. The van der Waals surface area contributed by atoms with Crippen molar-refractivity contribution in [1.29, 1.82) is 0 Å². The standard InChI is InChI=1S/C28H34ClI2N7O/c1-32-38(31)17-16-37(30)26-21-10-15-35(24-9-3-7-20-6-2-8-22(29)25(20)24)18-23(21)33-27(34-26)39-19-28-11-4-13-36(28)14-5-12-28/h2-3,6-9,32H,4-5,10-19H2,1H3. The van der Waals surface area contributed by atoms with Crippen molar-refractivity contribution in [1.82, 2.24) is 23.5 Å². The number of rotatable bonds is 9. The molecule has 4 heterocycles. The highest BCUT2D eigenvalue weighted by Crippen LogP contribution is 2.40. The average molecular weight is 774 g/mol. The fourth-order valence-corrected chi connectivity index (χ4v) is 7.56. The van der Waals surface area contributed by atoms with E-state index in [2.05, 4.69) is 88.3 Å². The second-order valence-corrected chi connectivity index (χ2v) is 13.4. The second kappa shape index (κ2) is 12.0. The lowest BCUT2D eigenvalue weighted by Gasteiger charge is -2.34. The molecule has 3 aliphatic heterocycles. The van der Waals surface area contributed by atoms with Gasteiger partial charge in [-0.2, -0.15) is 13.2 Å². The number of ether oxygens (including phenoxy) is 1. The molecule has 0 saturated carbocycles. The Balaban J connectivity index is 1.31. The van der Waals surface area contributed by atoms with Gasteiger partial charge in [-0.05, 0) is 69.8 Å². The first-order chi connectivity index (χ1) is 19.0. The molecule has 6 rings (SSSR count). The third kappa shape index (κ3) is 5.66. The molecule has 1 aromatic heterocycles. The molecular weight excluding hydrogens is 740 g/mol. The fourth-order valence-electron chi connectivity index (χ4n) is 6.45. The summed E-state index contributed by atoms with van der Waals surface area (Å²) in [5.74, 6) is 0.972. The van der Waals surface area contributed by atoms with Gasteiger partial charge in [-0.25, -0.2) is 5.43 Å². The molecule has 0 spiro atoms. The van der Waals surface area contributed by atoms with Crippen LogP contribution in [0.1, 0.15) is 36.9 Å². The maximum absolute atomic E-state index is 6.70. The Hall–Kier alpha value is -1.19. The van der Waals surface area contributed by atoms with E-state index in [0.29, 0.717) is 19.2 Å². The van der Waals surface area contributed by atoms with Crippen molar-refractivity contribution in [3.8, 4) is 6.01 Å². The zero-order chi connectivity index (χ0) is 27.0. The highest BCUT2D eigenvalue weighted by Gasteiger charge is 2.45. The van der Waals surface area contributed by atoms with Crippen molar-refractivity contribution >= 4 is 79.6 Å². The molecule has 0 atom stereocenters. The molecule has 3 aromatic rings. The minimum absolute atomic E-state index is 0.156. The summed E-state index contributed by atoms with van der Waals surface area (Å²) in [6.07, 6.45) is 5.77. The summed E-state index contributed by atoms with van der Waals surface area (Å²) in [5, 5.41) is 3.04. The van der Waals surface area contributed by atoms with Crippen molar-refractivity contribution in [3.63, 3.8) is 0 Å². The molecule has 0 radical (unpaired) electrons. The number of fused-ring (bicyclic) bond motifs is 3. The largest absolute Gasteiger partial charge is 0.461 e. The number of hydrogen-bond donors (Lipinski definition) is 1. The topological polar surface area (TPSA) is 60.0 Å². The Morgan fingerprint density at radius 1 is 1.05 bits per heavy atom. The normalized spacial score (nSPS) is 18.5. The van der Waals surface area contributed by atoms with Gasteiger partial charge in [0, 0.05) is 59.1 Å². The molecular formula is C28H34ClI2N7O. The zero-order valence-electron chi connectivity index (χ0n) is 22.2. The SMILES string of the molecule is CNN(I)CCN(I)c1nc(OCC23CCCN2CCC3)nc2c1CCN(c1cccc3cccc(Cl)c13)C2. The van der Waals surface area contributed by atoms with E-state index in [4.69, 9.17) is 26.3 Å². The van der Waals surface area contributed by atoms with Crippen LogP contribution in [-0.4, -0.2) is 70.0 Å². The summed E-state index contributed by atoms with van der Waals surface area (Å²) in [4.78, 5) is 15.1. The minimum Gasteiger partial charge on any atom is -0.461 e. The first kappa shape index (κ1) is 28.0. The number of hydrogen-bond acceptors (Lipinski definition) is 8. The van der Waals surface area contributed by atoms with Crippen molar-refractivity contribution in [2.75, 3.05) is 54.4 Å². The lowest BCUT2D eigenvalue weighted by atomic mass is 9.95. The fraction of sp³-hybridized carbons (Fsp3) is 0.500. The van der Waals surface area contributed by atoms with Gasteiger partial charge in [-0.15, -0.1) is 0 Å². The molecule has 2 fully saturated rings. The molecule has 0 amide bonds. The highest BCUT2D eigenvalue weighted by atomic mass is 127. The number of hydrazine groups is 1. The smallest absolute Gasteiger partial charge is 0.318 e. The van der Waals surface area contributed by atoms with Crippen LogP contribution in [0, 0.1) is 0 Å². The first-order valence-corrected chi connectivity index (χ1v) is 16.0. The quantitative estimate of drug-likeness (QED) is 0.167. The van der Waals surface area contributed by atoms with E-state index < -0.39 is 0 Å². The lowest BCUT2D eigenvalue weighted by molar-refractivity contribution is 0.107. The minimum atomic E-state index is 0.156. The van der Waals surface area contributed by atoms with Gasteiger partial charge in [0.25, 0.3) is 0 Å². The predicted octanol–water partition coefficient (Wildman–Crippen LogP) is 5.80. The maximum atomic E-state index is 6.70. The van der Waals surface area contributed by atoms with E-state index in [1.165, 1.54) is 44.3 Å². The van der Waals surface area contributed by atoms with Crippen molar-refractivity contribution in [2.24, 2.45) is 0 Å². The Kier molecular flexibility index (Phi) is 8.58. The number of nitrogens with zero attached hydrogens (tertiary/aromatic N) is 6. The number of benzene rings is 2. The van der Waals surface area contributed by atoms with Crippen LogP contribution in [0.25, 0.3) is 10.8 Å².